The van der Waals surface area contributed by atoms with Gasteiger partial charge in [0, 0.05) is 0 Å². The van der Waals surface area contributed by atoms with E-state index in [0.29, 0.717) is 0 Å². The minimum absolute atomic E-state index is 0.190. The van der Waals surface area contributed by atoms with E-state index in [0.717, 1.165) is 0 Å². The van der Waals surface area contributed by atoms with Gasteiger partial charge in [0.2, 0.25) is 0 Å². The first-order valence-corrected chi connectivity index (χ1v) is 3.70. The Kier molecular flexibility index (Phi) is 13.6. The van der Waals surface area contributed by atoms with Gasteiger partial charge in [-0.25, -0.2) is 9.59 Å². The largest absolute Gasteiger partial charge is 0.503 e. The van der Waals surface area contributed by atoms with Gasteiger partial charge in [0.1, 0.15) is 12.2 Å². The summed E-state index contributed by atoms with van der Waals surface area (Å²) in [5, 5.41) is 44.9. The van der Waals surface area contributed by atoms with Gasteiger partial charge in [-0.3, -0.25) is 0 Å². The molecule has 0 aromatic rings. The van der Waals surface area contributed by atoms with Gasteiger partial charge in [-0.2, -0.15) is 0 Å². The van der Waals surface area contributed by atoms with E-state index in [1.165, 1.54) is 0 Å². The van der Waals surface area contributed by atoms with Crippen LogP contribution in [0, 0.1) is 11.8 Å². The van der Waals surface area contributed by atoms with Crippen LogP contribution in [0.15, 0.2) is 0 Å². The highest BCUT2D eigenvalue weighted by atomic mass is 16.6. The molecule has 0 radical (unpaired) electrons. The van der Waals surface area contributed by atoms with Gasteiger partial charge in [-0.05, 0) is 13.8 Å². The van der Waals surface area contributed by atoms with Crippen molar-refractivity contribution in [3.63, 3.8) is 0 Å². The van der Waals surface area contributed by atoms with E-state index in [1.807, 2.05) is 0 Å². The summed E-state index contributed by atoms with van der Waals surface area (Å²) in [5.41, 5.74) is -0.970. The molecule has 0 heterocycles. The Bertz CT molecular complexity index is 233. The topological polar surface area (TPSA) is 156 Å². The summed E-state index contributed by atoms with van der Waals surface area (Å²) in [4.78, 5) is 17.1. The number of hydrogen-bond donors (Lipinski definition) is 6. The standard InChI is InChI=1S/C6H10O2.2CH2O3/c1-6(2,8)4-3-5-7;2*2-1(3)4/h7-8H,5H2,1-2H3;2*(H2,2,3,4). The first-order chi connectivity index (χ1) is 7.02. The number of aliphatic hydroxyl groups is 2. The minimum atomic E-state index is -1.83. The lowest BCUT2D eigenvalue weighted by Crippen LogP contribution is -2.14. The van der Waals surface area contributed by atoms with Crippen molar-refractivity contribution in [2.45, 2.75) is 19.4 Å². The lowest BCUT2D eigenvalue weighted by Gasteiger charge is -2.05. The Morgan fingerprint density at radius 3 is 1.38 bits per heavy atom. The average molecular weight is 238 g/mol. The summed E-state index contributed by atoms with van der Waals surface area (Å²) in [5.74, 6) is 4.77. The van der Waals surface area contributed by atoms with Crippen molar-refractivity contribution in [3.05, 3.63) is 0 Å². The van der Waals surface area contributed by atoms with Crippen LogP contribution in [-0.4, -0.2) is 55.2 Å². The van der Waals surface area contributed by atoms with Crippen molar-refractivity contribution in [2.24, 2.45) is 0 Å². The maximum atomic E-state index is 8.86. The van der Waals surface area contributed by atoms with Crippen molar-refractivity contribution in [1.82, 2.24) is 0 Å². The molecule has 0 atom stereocenters. The van der Waals surface area contributed by atoms with Crippen LogP contribution in [0.5, 0.6) is 0 Å². The maximum absolute atomic E-state index is 8.86. The van der Waals surface area contributed by atoms with Gasteiger partial charge in [0.15, 0.2) is 0 Å². The van der Waals surface area contributed by atoms with Crippen molar-refractivity contribution in [2.75, 3.05) is 6.61 Å². The summed E-state index contributed by atoms with van der Waals surface area (Å²) in [6, 6.07) is 0. The molecule has 94 valence electrons. The monoisotopic (exact) mass is 238 g/mol. The third-order valence-corrected chi connectivity index (χ3v) is 0.473. The normalized spacial score (nSPS) is 8.00. The van der Waals surface area contributed by atoms with Gasteiger partial charge in [0.05, 0.1) is 0 Å². The molecular formula is C8H14O8. The van der Waals surface area contributed by atoms with E-state index >= 15 is 0 Å². The molecule has 8 heteroatoms. The van der Waals surface area contributed by atoms with E-state index in [-0.39, 0.29) is 6.61 Å². The Labute approximate surface area is 91.4 Å². The van der Waals surface area contributed by atoms with Gasteiger partial charge >= 0.3 is 12.3 Å². The van der Waals surface area contributed by atoms with Crippen LogP contribution in [0.3, 0.4) is 0 Å². The highest BCUT2D eigenvalue weighted by Crippen LogP contribution is 1.95. The van der Waals surface area contributed by atoms with Crippen LogP contribution >= 0.6 is 0 Å². The third kappa shape index (κ3) is 160. The third-order valence-electron chi connectivity index (χ3n) is 0.473. The van der Waals surface area contributed by atoms with Crippen LogP contribution in [0.2, 0.25) is 0 Å². The zero-order chi connectivity index (χ0) is 13.8. The zero-order valence-corrected chi connectivity index (χ0v) is 8.71. The highest BCUT2D eigenvalue weighted by molar-refractivity contribution is 5.53. The number of hydrogen-bond acceptors (Lipinski definition) is 4. The SMILES string of the molecule is CC(C)(O)C#CCO.O=C(O)O.O=C(O)O. The van der Waals surface area contributed by atoms with Gasteiger partial charge in [-0.1, -0.05) is 11.8 Å². The smallest absolute Gasteiger partial charge is 0.450 e. The maximum Gasteiger partial charge on any atom is 0.503 e. The number of aliphatic hydroxyl groups excluding tert-OH is 1. The molecule has 6 N–H and O–H groups in total. The summed E-state index contributed by atoms with van der Waals surface area (Å²) in [7, 11) is 0. The predicted octanol–water partition coefficient (Wildman–Crippen LogP) is 0.198. The molecule has 0 unspecified atom stereocenters. The second-order valence-corrected chi connectivity index (χ2v) is 2.58. The lowest BCUT2D eigenvalue weighted by atomic mass is 10.1. The van der Waals surface area contributed by atoms with E-state index in [9.17, 15) is 0 Å². The molecule has 0 aromatic carbocycles. The second kappa shape index (κ2) is 11.1. The number of rotatable bonds is 0. The Morgan fingerprint density at radius 1 is 1.06 bits per heavy atom. The first kappa shape index (κ1) is 19.6. The molecule has 8 nitrogen and oxygen atoms in total. The molecule has 0 bridgehead atoms. The van der Waals surface area contributed by atoms with Gasteiger partial charge in [0.25, 0.3) is 0 Å². The Morgan fingerprint density at radius 2 is 1.31 bits per heavy atom. The fraction of sp³-hybridized carbons (Fsp3) is 0.500. The van der Waals surface area contributed by atoms with Crippen molar-refractivity contribution >= 4 is 12.3 Å². The molecule has 0 saturated carbocycles. The van der Waals surface area contributed by atoms with E-state index in [1.54, 1.807) is 13.8 Å². The average Bonchev–Trinajstić information content (AvgIpc) is 1.97. The zero-order valence-electron chi connectivity index (χ0n) is 8.71. The summed E-state index contributed by atoms with van der Waals surface area (Å²) in [6.07, 6.45) is -3.67. The van der Waals surface area contributed by atoms with Crippen molar-refractivity contribution < 1.29 is 40.2 Å². The summed E-state index contributed by atoms with van der Waals surface area (Å²) in [6.45, 7) is 2.94. The number of carbonyl (C=O) groups is 2. The van der Waals surface area contributed by atoms with Crippen LogP contribution in [0.25, 0.3) is 0 Å². The summed E-state index contributed by atoms with van der Waals surface area (Å²) >= 11 is 0. The lowest BCUT2D eigenvalue weighted by molar-refractivity contribution is 0.135. The van der Waals surface area contributed by atoms with Crippen molar-refractivity contribution in [1.29, 1.82) is 0 Å². The Balaban J connectivity index is -0.000000179. The molecule has 0 saturated heterocycles. The van der Waals surface area contributed by atoms with Gasteiger partial charge in [-0.15, -0.1) is 0 Å². The fourth-order valence-electron chi connectivity index (χ4n) is 0.256. The Hall–Kier alpha value is -1.98. The van der Waals surface area contributed by atoms with Crippen LogP contribution < -0.4 is 0 Å². The number of carboxylic acid groups (broad SMARTS) is 4. The van der Waals surface area contributed by atoms with Gasteiger partial charge < -0.3 is 30.6 Å². The molecule has 0 fully saturated rings. The molecule has 0 rings (SSSR count). The molecule has 16 heavy (non-hydrogen) atoms. The van der Waals surface area contributed by atoms with E-state index < -0.39 is 17.9 Å². The van der Waals surface area contributed by atoms with E-state index in [2.05, 4.69) is 11.8 Å². The molecule has 0 spiro atoms. The first-order valence-electron chi connectivity index (χ1n) is 3.70. The highest BCUT2D eigenvalue weighted by Gasteiger charge is 2.04. The quantitative estimate of drug-likeness (QED) is 0.327. The van der Waals surface area contributed by atoms with E-state index in [4.69, 9.17) is 40.2 Å². The fourth-order valence-corrected chi connectivity index (χ4v) is 0.256. The molecule has 0 aliphatic heterocycles. The predicted molar refractivity (Wildman–Crippen MR) is 52.5 cm³/mol. The molecule has 0 aliphatic carbocycles. The molecule has 0 aliphatic rings. The van der Waals surface area contributed by atoms with Crippen LogP contribution in [0.4, 0.5) is 9.59 Å². The molecule has 0 amide bonds. The molecule has 0 aromatic heterocycles. The van der Waals surface area contributed by atoms with Crippen molar-refractivity contribution in [3.8, 4) is 11.8 Å². The van der Waals surface area contributed by atoms with Crippen LogP contribution in [-0.2, 0) is 0 Å². The molecular weight excluding hydrogens is 224 g/mol. The minimum Gasteiger partial charge on any atom is -0.450 e. The van der Waals surface area contributed by atoms with Crippen LogP contribution in [0.1, 0.15) is 13.8 Å². The summed E-state index contributed by atoms with van der Waals surface area (Å²) < 4.78 is 0. The second-order valence-electron chi connectivity index (χ2n) is 2.58.